The van der Waals surface area contributed by atoms with E-state index >= 15 is 0 Å². The van der Waals surface area contributed by atoms with Crippen molar-refractivity contribution in [3.63, 3.8) is 0 Å². The predicted molar refractivity (Wildman–Crippen MR) is 89.8 cm³/mol. The van der Waals surface area contributed by atoms with E-state index in [0.29, 0.717) is 13.0 Å². The molecule has 5 nitrogen and oxygen atoms in total. The van der Waals surface area contributed by atoms with Crippen LogP contribution in [0.3, 0.4) is 0 Å². The topological polar surface area (TPSA) is 63.7 Å². The number of sulfonamides is 1. The first-order valence-electron chi connectivity index (χ1n) is 7.92. The van der Waals surface area contributed by atoms with E-state index in [2.05, 4.69) is 0 Å². The Labute approximate surface area is 140 Å². The number of hydrogen-bond donors (Lipinski definition) is 0. The van der Waals surface area contributed by atoms with E-state index in [0.717, 1.165) is 22.3 Å². The van der Waals surface area contributed by atoms with Crippen molar-refractivity contribution in [2.24, 2.45) is 0 Å². The van der Waals surface area contributed by atoms with Crippen molar-refractivity contribution in [1.82, 2.24) is 4.31 Å². The second-order valence-electron chi connectivity index (χ2n) is 6.05. The highest BCUT2D eigenvalue weighted by atomic mass is 32.2. The molecule has 1 aliphatic heterocycles. The molecule has 124 valence electrons. The van der Waals surface area contributed by atoms with Gasteiger partial charge in [0, 0.05) is 17.7 Å². The molecule has 0 spiro atoms. The Bertz CT molecular complexity index is 861. The third-order valence-electron chi connectivity index (χ3n) is 4.53. The standard InChI is InChI=1S/C18H17NO4S/c20-17(12-19-10-5-11-24(19,21)22)23-18-15-8-3-1-6-13(15)14-7-2-4-9-16(14)18/h1-4,6-9,18H,5,10-12H2. The molecule has 0 saturated carbocycles. The van der Waals surface area contributed by atoms with Crippen LogP contribution >= 0.6 is 0 Å². The SMILES string of the molecule is O=C(CN1CCCS1(=O)=O)OC1c2ccccc2-c2ccccc21. The van der Waals surface area contributed by atoms with E-state index in [1.807, 2.05) is 48.5 Å². The van der Waals surface area contributed by atoms with Crippen LogP contribution in [0.5, 0.6) is 0 Å². The van der Waals surface area contributed by atoms with Gasteiger partial charge in [0.1, 0.15) is 6.54 Å². The molecular formula is C18H17NO4S. The van der Waals surface area contributed by atoms with Gasteiger partial charge >= 0.3 is 5.97 Å². The van der Waals surface area contributed by atoms with Crippen molar-refractivity contribution in [3.8, 4) is 11.1 Å². The summed E-state index contributed by atoms with van der Waals surface area (Å²) in [6.45, 7) is 0.165. The molecule has 0 bridgehead atoms. The Hall–Kier alpha value is -2.18. The molecule has 0 aromatic heterocycles. The maximum Gasteiger partial charge on any atom is 0.322 e. The molecule has 1 aliphatic carbocycles. The zero-order chi connectivity index (χ0) is 16.7. The van der Waals surface area contributed by atoms with Crippen LogP contribution in [-0.2, 0) is 19.6 Å². The highest BCUT2D eigenvalue weighted by molar-refractivity contribution is 7.89. The van der Waals surface area contributed by atoms with Gasteiger partial charge in [0.2, 0.25) is 10.0 Å². The first-order chi connectivity index (χ1) is 11.6. The number of ether oxygens (including phenoxy) is 1. The smallest absolute Gasteiger partial charge is 0.322 e. The largest absolute Gasteiger partial charge is 0.452 e. The number of nitrogens with zero attached hydrogens (tertiary/aromatic N) is 1. The fourth-order valence-corrected chi connectivity index (χ4v) is 4.88. The van der Waals surface area contributed by atoms with E-state index in [4.69, 9.17) is 4.74 Å². The molecule has 0 amide bonds. The van der Waals surface area contributed by atoms with Gasteiger partial charge in [-0.3, -0.25) is 4.79 Å². The third kappa shape index (κ3) is 2.52. The maximum atomic E-state index is 12.3. The van der Waals surface area contributed by atoms with Gasteiger partial charge in [0.15, 0.2) is 6.10 Å². The van der Waals surface area contributed by atoms with Crippen LogP contribution in [0.25, 0.3) is 11.1 Å². The summed E-state index contributed by atoms with van der Waals surface area (Å²) < 4.78 is 30.6. The summed E-state index contributed by atoms with van der Waals surface area (Å²) in [5.41, 5.74) is 3.99. The number of fused-ring (bicyclic) bond motifs is 3. The molecule has 1 saturated heterocycles. The molecular weight excluding hydrogens is 326 g/mol. The fraction of sp³-hybridized carbons (Fsp3) is 0.278. The van der Waals surface area contributed by atoms with Crippen LogP contribution in [0, 0.1) is 0 Å². The van der Waals surface area contributed by atoms with Crippen LogP contribution in [0.2, 0.25) is 0 Å². The van der Waals surface area contributed by atoms with Gasteiger partial charge in [0.25, 0.3) is 0 Å². The first kappa shape index (κ1) is 15.4. The van der Waals surface area contributed by atoms with Gasteiger partial charge in [-0.05, 0) is 17.5 Å². The van der Waals surface area contributed by atoms with Crippen molar-refractivity contribution >= 4 is 16.0 Å². The molecule has 2 aromatic rings. The Morgan fingerprint density at radius 3 is 2.17 bits per heavy atom. The van der Waals surface area contributed by atoms with Crippen molar-refractivity contribution in [2.75, 3.05) is 18.8 Å². The fourth-order valence-electron chi connectivity index (χ4n) is 3.42. The second kappa shape index (κ2) is 5.72. The molecule has 6 heteroatoms. The Morgan fingerprint density at radius 1 is 1.04 bits per heavy atom. The molecule has 0 atom stereocenters. The lowest BCUT2D eigenvalue weighted by molar-refractivity contribution is -0.147. The molecule has 0 unspecified atom stereocenters. The summed E-state index contributed by atoms with van der Waals surface area (Å²) in [6, 6.07) is 15.6. The Kier molecular flexibility index (Phi) is 3.66. The molecule has 1 heterocycles. The molecule has 24 heavy (non-hydrogen) atoms. The minimum absolute atomic E-state index is 0.107. The molecule has 1 fully saturated rings. The maximum absolute atomic E-state index is 12.3. The third-order valence-corrected chi connectivity index (χ3v) is 6.44. The number of rotatable bonds is 3. The summed E-state index contributed by atoms with van der Waals surface area (Å²) >= 11 is 0. The van der Waals surface area contributed by atoms with Gasteiger partial charge in [0.05, 0.1) is 5.75 Å². The van der Waals surface area contributed by atoms with E-state index in [1.54, 1.807) is 0 Å². The summed E-state index contributed by atoms with van der Waals surface area (Å²) in [7, 11) is -3.30. The van der Waals surface area contributed by atoms with E-state index in [1.165, 1.54) is 4.31 Å². The van der Waals surface area contributed by atoms with Gasteiger partial charge < -0.3 is 4.74 Å². The minimum Gasteiger partial charge on any atom is -0.452 e. The molecule has 2 aliphatic rings. The van der Waals surface area contributed by atoms with E-state index < -0.39 is 22.1 Å². The number of esters is 1. The summed E-state index contributed by atoms with van der Waals surface area (Å²) in [5.74, 6) is -0.410. The number of carbonyl (C=O) groups is 1. The van der Waals surface area contributed by atoms with Crippen molar-refractivity contribution in [1.29, 1.82) is 0 Å². The molecule has 2 aromatic carbocycles. The van der Waals surface area contributed by atoms with Gasteiger partial charge in [-0.15, -0.1) is 0 Å². The second-order valence-corrected chi connectivity index (χ2v) is 8.14. The highest BCUT2D eigenvalue weighted by Gasteiger charge is 2.34. The van der Waals surface area contributed by atoms with Crippen molar-refractivity contribution in [2.45, 2.75) is 12.5 Å². The normalized spacial score (nSPS) is 19.0. The predicted octanol–water partition coefficient (Wildman–Crippen LogP) is 2.34. The molecule has 0 N–H and O–H groups in total. The van der Waals surface area contributed by atoms with Crippen molar-refractivity contribution in [3.05, 3.63) is 59.7 Å². The van der Waals surface area contributed by atoms with E-state index in [9.17, 15) is 13.2 Å². The van der Waals surface area contributed by atoms with Crippen LogP contribution in [-0.4, -0.2) is 37.5 Å². The lowest BCUT2D eigenvalue weighted by atomic mass is 10.1. The summed E-state index contributed by atoms with van der Waals surface area (Å²) in [6.07, 6.45) is 0.0836. The van der Waals surface area contributed by atoms with Crippen LogP contribution < -0.4 is 0 Å². The quantitative estimate of drug-likeness (QED) is 0.803. The number of benzene rings is 2. The van der Waals surface area contributed by atoms with Gasteiger partial charge in [-0.2, -0.15) is 4.31 Å². The Balaban J connectivity index is 1.59. The lowest BCUT2D eigenvalue weighted by Gasteiger charge is -2.18. The molecule has 0 radical (unpaired) electrons. The average Bonchev–Trinajstić information content (AvgIpc) is 3.06. The van der Waals surface area contributed by atoms with Crippen LogP contribution in [0.1, 0.15) is 23.7 Å². The number of carbonyl (C=O) groups excluding carboxylic acids is 1. The lowest BCUT2D eigenvalue weighted by Crippen LogP contribution is -2.33. The highest BCUT2D eigenvalue weighted by Crippen LogP contribution is 2.45. The minimum atomic E-state index is -3.30. The zero-order valence-electron chi connectivity index (χ0n) is 13.0. The summed E-state index contributed by atoms with van der Waals surface area (Å²) in [5, 5.41) is 0. The van der Waals surface area contributed by atoms with Gasteiger partial charge in [-0.25, -0.2) is 8.42 Å². The average molecular weight is 343 g/mol. The van der Waals surface area contributed by atoms with Crippen molar-refractivity contribution < 1.29 is 17.9 Å². The first-order valence-corrected chi connectivity index (χ1v) is 9.53. The van der Waals surface area contributed by atoms with Gasteiger partial charge in [-0.1, -0.05) is 48.5 Å². The van der Waals surface area contributed by atoms with Crippen LogP contribution in [0.15, 0.2) is 48.5 Å². The number of hydrogen-bond acceptors (Lipinski definition) is 4. The zero-order valence-corrected chi connectivity index (χ0v) is 13.8. The van der Waals surface area contributed by atoms with E-state index in [-0.39, 0.29) is 12.3 Å². The Morgan fingerprint density at radius 2 is 1.62 bits per heavy atom. The molecule has 4 rings (SSSR count). The van der Waals surface area contributed by atoms with Crippen LogP contribution in [0.4, 0.5) is 0 Å². The monoisotopic (exact) mass is 343 g/mol. The summed E-state index contributed by atoms with van der Waals surface area (Å²) in [4.78, 5) is 12.3.